The molecule has 0 spiro atoms. The van der Waals surface area contributed by atoms with E-state index in [0.717, 1.165) is 57.8 Å². The van der Waals surface area contributed by atoms with E-state index in [9.17, 15) is 39.6 Å². The molecule has 2 amide bonds. The summed E-state index contributed by atoms with van der Waals surface area (Å²) in [5, 5.41) is 38.1. The van der Waals surface area contributed by atoms with E-state index in [-0.39, 0.29) is 87.2 Å². The number of rotatable bonds is 4. The van der Waals surface area contributed by atoms with E-state index in [0.29, 0.717) is 4.42 Å². The molecule has 1 saturated heterocycles. The minimum atomic E-state index is -0.295. The number of benzene rings is 2. The molecule has 0 radical (unpaired) electrons. The third-order valence-corrected chi connectivity index (χ3v) is 8.17. The van der Waals surface area contributed by atoms with Crippen LogP contribution in [0.15, 0.2) is 30.3 Å². The summed E-state index contributed by atoms with van der Waals surface area (Å²) < 4.78 is 0.639. The van der Waals surface area contributed by atoms with Crippen LogP contribution in [0.1, 0.15) is 97.8 Å². The minimum absolute atomic E-state index is 0.0152. The van der Waals surface area contributed by atoms with Gasteiger partial charge in [0.05, 0.1) is 16.1 Å². The summed E-state index contributed by atoms with van der Waals surface area (Å²) in [7, 11) is 0. The number of phenolic OH excluding ortho intramolecular Hbond substituents is 4. The number of ketones is 2. The highest BCUT2D eigenvalue weighted by Gasteiger charge is 2.27. The number of nitrogens with zero attached hydrogens (tertiary/aromatic N) is 1. The summed E-state index contributed by atoms with van der Waals surface area (Å²) in [6.07, 6.45) is 10.6. The van der Waals surface area contributed by atoms with Crippen LogP contribution in [0.2, 0.25) is 5.02 Å². The van der Waals surface area contributed by atoms with Gasteiger partial charge in [0.1, 0.15) is 23.0 Å². The van der Waals surface area contributed by atoms with Gasteiger partial charge in [-0.3, -0.25) is 19.2 Å². The highest BCUT2D eigenvalue weighted by molar-refractivity contribution is 6.33. The van der Waals surface area contributed by atoms with E-state index in [2.05, 4.69) is 0 Å². The third kappa shape index (κ3) is 8.84. The van der Waals surface area contributed by atoms with Gasteiger partial charge in [0.15, 0.2) is 11.6 Å². The molecule has 2 saturated carbocycles. The Kier molecular flexibility index (Phi) is 11.8. The Morgan fingerprint density at radius 3 is 1.61 bits per heavy atom. The second kappa shape index (κ2) is 15.1. The maximum atomic E-state index is 12.2. The number of phenols is 4. The lowest BCUT2D eigenvalue weighted by atomic mass is 9.83. The number of carbonyl (C=O) groups is 4. The van der Waals surface area contributed by atoms with Gasteiger partial charge >= 0.3 is 0 Å². The molecule has 41 heavy (non-hydrogen) atoms. The third-order valence-electron chi connectivity index (χ3n) is 7.50. The summed E-state index contributed by atoms with van der Waals surface area (Å²) in [5.41, 5.74) is 0.397. The molecule has 3 fully saturated rings. The molecule has 2 aromatic carbocycles. The molecule has 4 N–H and O–H groups in total. The number of halogens is 2. The van der Waals surface area contributed by atoms with E-state index in [1.807, 2.05) is 0 Å². The lowest BCUT2D eigenvalue weighted by molar-refractivity contribution is -0.132. The fourth-order valence-corrected chi connectivity index (χ4v) is 5.60. The first-order valence-electron chi connectivity index (χ1n) is 13.8. The van der Waals surface area contributed by atoms with Crippen molar-refractivity contribution in [1.82, 2.24) is 4.42 Å². The van der Waals surface area contributed by atoms with Gasteiger partial charge < -0.3 is 20.4 Å². The van der Waals surface area contributed by atoms with Gasteiger partial charge in [-0.15, -0.1) is 0 Å². The van der Waals surface area contributed by atoms with E-state index in [4.69, 9.17) is 23.4 Å². The van der Waals surface area contributed by atoms with Crippen molar-refractivity contribution in [3.63, 3.8) is 0 Å². The molecule has 1 aliphatic heterocycles. The number of hydrogen-bond acceptors (Lipinski definition) is 8. The van der Waals surface area contributed by atoms with Crippen LogP contribution in [-0.2, 0) is 9.59 Å². The Labute approximate surface area is 248 Å². The Hall–Kier alpha value is -3.30. The van der Waals surface area contributed by atoms with Gasteiger partial charge in [-0.25, -0.2) is 0 Å². The van der Waals surface area contributed by atoms with Crippen molar-refractivity contribution >= 4 is 46.8 Å². The van der Waals surface area contributed by atoms with Crippen molar-refractivity contribution in [2.45, 2.75) is 77.0 Å². The quantitative estimate of drug-likeness (QED) is 0.130. The van der Waals surface area contributed by atoms with Gasteiger partial charge in [0.2, 0.25) is 11.8 Å². The predicted octanol–water partition coefficient (Wildman–Crippen LogP) is 6.66. The first-order valence-corrected chi connectivity index (χ1v) is 14.5. The average molecular weight is 609 g/mol. The molecule has 2 aromatic rings. The molecule has 0 atom stereocenters. The van der Waals surface area contributed by atoms with E-state index in [1.54, 1.807) is 0 Å². The molecule has 222 valence electrons. The zero-order valence-electron chi connectivity index (χ0n) is 22.7. The maximum Gasteiger partial charge on any atom is 0.244 e. The molecule has 0 unspecified atom stereocenters. The Balaban J connectivity index is 0.000000180. The molecule has 3 aliphatic rings. The highest BCUT2D eigenvalue weighted by atomic mass is 35.5. The lowest BCUT2D eigenvalue weighted by Crippen LogP contribution is -2.18. The Morgan fingerprint density at radius 2 is 1.15 bits per heavy atom. The molecule has 5 rings (SSSR count). The Bertz CT molecular complexity index is 1250. The summed E-state index contributed by atoms with van der Waals surface area (Å²) >= 11 is 10.9. The molecule has 11 heteroatoms. The molecule has 0 bridgehead atoms. The average Bonchev–Trinajstić information content (AvgIpc) is 3.27. The fraction of sp³-hybridized carbons (Fsp3) is 0.467. The first kappa shape index (κ1) is 32.2. The number of hydrogen-bond donors (Lipinski definition) is 4. The largest absolute Gasteiger partial charge is 0.508 e. The Morgan fingerprint density at radius 1 is 0.683 bits per heavy atom. The maximum absolute atomic E-state index is 12.2. The van der Waals surface area contributed by atoms with E-state index < -0.39 is 0 Å². The van der Waals surface area contributed by atoms with Crippen molar-refractivity contribution in [3.05, 3.63) is 46.5 Å². The molecule has 1 heterocycles. The van der Waals surface area contributed by atoms with Gasteiger partial charge in [-0.05, 0) is 49.9 Å². The summed E-state index contributed by atoms with van der Waals surface area (Å²) in [5.74, 6) is -1.09. The number of amides is 2. The van der Waals surface area contributed by atoms with Crippen molar-refractivity contribution in [2.75, 3.05) is 0 Å². The number of Topliss-reactive ketones (excluding diaryl/α,β-unsaturated/α-hetero) is 2. The lowest BCUT2D eigenvalue weighted by Gasteiger charge is -2.20. The summed E-state index contributed by atoms with van der Waals surface area (Å²) in [6.45, 7) is 0. The second-order valence-corrected chi connectivity index (χ2v) is 11.2. The number of carbonyl (C=O) groups excluding carboxylic acids is 4. The monoisotopic (exact) mass is 607 g/mol. The van der Waals surface area contributed by atoms with Crippen LogP contribution >= 0.6 is 23.4 Å². The topological polar surface area (TPSA) is 152 Å². The summed E-state index contributed by atoms with van der Waals surface area (Å²) in [4.78, 5) is 45.0. The standard InChI is InChI=1S/C13H15ClO3.C13H16O3.C4H4ClNO2/c14-11-7-9(15)6-10(13(11)17)12(16)8-4-2-1-3-5-8;14-10-6-7-12(15)11(8-10)13(16)9-4-2-1-3-5-9;5-6-3(7)1-2-4(6)8/h6-8,15,17H,1-5H2;6-9,14-15H,1-5H2;1-2H2. The smallest absolute Gasteiger partial charge is 0.244 e. The second-order valence-electron chi connectivity index (χ2n) is 10.5. The van der Waals surface area contributed by atoms with Crippen LogP contribution < -0.4 is 0 Å². The zero-order chi connectivity index (χ0) is 30.1. The predicted molar refractivity (Wildman–Crippen MR) is 153 cm³/mol. The molecule has 0 aromatic heterocycles. The molecule has 9 nitrogen and oxygen atoms in total. The van der Waals surface area contributed by atoms with E-state index in [1.165, 1.54) is 36.8 Å². The van der Waals surface area contributed by atoms with Gasteiger partial charge in [0, 0.05) is 42.5 Å². The summed E-state index contributed by atoms with van der Waals surface area (Å²) in [6, 6.07) is 6.62. The van der Waals surface area contributed by atoms with Crippen LogP contribution in [0.4, 0.5) is 0 Å². The van der Waals surface area contributed by atoms with Crippen molar-refractivity contribution in [2.24, 2.45) is 11.8 Å². The van der Waals surface area contributed by atoms with Gasteiger partial charge in [0.25, 0.3) is 0 Å². The van der Waals surface area contributed by atoms with Gasteiger partial charge in [-0.1, -0.05) is 50.1 Å². The normalized spacial score (nSPS) is 17.8. The number of aromatic hydroxyl groups is 4. The highest BCUT2D eigenvalue weighted by Crippen LogP contribution is 2.36. The number of imide groups is 1. The molecule has 2 aliphatic carbocycles. The van der Waals surface area contributed by atoms with Crippen LogP contribution in [0.5, 0.6) is 23.0 Å². The van der Waals surface area contributed by atoms with Gasteiger partial charge in [-0.2, -0.15) is 4.42 Å². The fourth-order valence-electron chi connectivity index (χ4n) is 5.21. The van der Waals surface area contributed by atoms with Crippen molar-refractivity contribution in [3.8, 4) is 23.0 Å². The van der Waals surface area contributed by atoms with E-state index >= 15 is 0 Å². The minimum Gasteiger partial charge on any atom is -0.508 e. The molecular weight excluding hydrogens is 573 g/mol. The van der Waals surface area contributed by atoms with Crippen LogP contribution in [0, 0.1) is 11.8 Å². The van der Waals surface area contributed by atoms with Crippen molar-refractivity contribution in [1.29, 1.82) is 0 Å². The zero-order valence-corrected chi connectivity index (χ0v) is 24.2. The molecular formula is C30H35Cl2NO8. The van der Waals surface area contributed by atoms with Crippen LogP contribution in [-0.4, -0.2) is 48.2 Å². The van der Waals surface area contributed by atoms with Crippen LogP contribution in [0.25, 0.3) is 0 Å². The van der Waals surface area contributed by atoms with Crippen LogP contribution in [0.3, 0.4) is 0 Å². The van der Waals surface area contributed by atoms with Crippen molar-refractivity contribution < 1.29 is 39.6 Å². The first-order chi connectivity index (χ1) is 19.5. The SMILES string of the molecule is O=C(c1cc(O)cc(Cl)c1O)C1CCCCC1.O=C(c1cc(O)ccc1O)C1CCCCC1.O=C1CCC(=O)N1Cl.